The lowest BCUT2D eigenvalue weighted by molar-refractivity contribution is -0.275. The average Bonchev–Trinajstić information content (AvgIpc) is 2.65. The lowest BCUT2D eigenvalue weighted by atomic mass is 10.1. The van der Waals surface area contributed by atoms with Crippen LogP contribution in [0.3, 0.4) is 0 Å². The van der Waals surface area contributed by atoms with E-state index in [1.54, 1.807) is 6.92 Å². The van der Waals surface area contributed by atoms with Crippen LogP contribution in [0, 0.1) is 12.7 Å². The second kappa shape index (κ2) is 10.5. The van der Waals surface area contributed by atoms with Crippen molar-refractivity contribution in [3.05, 3.63) is 71.7 Å². The molecule has 27 heavy (non-hydrogen) atoms. The Morgan fingerprint density at radius 3 is 2.26 bits per heavy atom. The summed E-state index contributed by atoms with van der Waals surface area (Å²) in [7, 11) is 0. The van der Waals surface area contributed by atoms with Crippen LogP contribution >= 0.6 is 0 Å². The number of benzene rings is 2. The van der Waals surface area contributed by atoms with E-state index in [-0.39, 0.29) is 0 Å². The second-order valence-corrected chi connectivity index (χ2v) is 5.33. The topological polar surface area (TPSA) is 22.1 Å². The number of nitrogens with zero attached hydrogens (tertiary/aromatic N) is 1. The first-order valence-corrected chi connectivity index (χ1v) is 8.64. The summed E-state index contributed by atoms with van der Waals surface area (Å²) >= 11 is 0. The molecule has 0 fully saturated rings. The van der Waals surface area contributed by atoms with Crippen molar-refractivity contribution >= 4 is 10.9 Å². The standard InChI is InChI=1S/C11H11N.C8H6F4O.C2H6/c1-2-9-5-3-6-10-7-4-8-12-11(9)10;1-5-2-3-7(6(9)4-5)13-8(10,11)12;1-2/h3-8H,2H2,1H3;2-4H,1H3;1-2H3. The third kappa shape index (κ3) is 7.25. The van der Waals surface area contributed by atoms with E-state index in [0.717, 1.165) is 24.1 Å². The molecular weight excluding hydrogens is 358 g/mol. The van der Waals surface area contributed by atoms with E-state index >= 15 is 0 Å². The van der Waals surface area contributed by atoms with Gasteiger partial charge in [0.2, 0.25) is 0 Å². The van der Waals surface area contributed by atoms with Crippen LogP contribution < -0.4 is 4.74 Å². The molecule has 146 valence electrons. The van der Waals surface area contributed by atoms with Crippen LogP contribution in [0.2, 0.25) is 0 Å². The number of para-hydroxylation sites is 1. The molecule has 0 spiro atoms. The van der Waals surface area contributed by atoms with Gasteiger partial charge in [-0.1, -0.05) is 51.1 Å². The summed E-state index contributed by atoms with van der Waals surface area (Å²) < 4.78 is 51.1. The van der Waals surface area contributed by atoms with Gasteiger partial charge in [-0.05, 0) is 42.7 Å². The van der Waals surface area contributed by atoms with Gasteiger partial charge < -0.3 is 4.74 Å². The fraction of sp³-hybridized carbons (Fsp3) is 0.286. The molecule has 0 saturated heterocycles. The van der Waals surface area contributed by atoms with Gasteiger partial charge in [-0.15, -0.1) is 13.2 Å². The van der Waals surface area contributed by atoms with Crippen molar-refractivity contribution in [1.29, 1.82) is 0 Å². The maximum atomic E-state index is 12.8. The van der Waals surface area contributed by atoms with E-state index in [1.807, 2.05) is 26.1 Å². The smallest absolute Gasteiger partial charge is 0.403 e. The van der Waals surface area contributed by atoms with Crippen molar-refractivity contribution in [2.45, 2.75) is 40.5 Å². The lowest BCUT2D eigenvalue weighted by Gasteiger charge is -2.09. The maximum absolute atomic E-state index is 12.8. The van der Waals surface area contributed by atoms with E-state index in [1.165, 1.54) is 17.0 Å². The summed E-state index contributed by atoms with van der Waals surface area (Å²) in [5.41, 5.74) is 3.00. The van der Waals surface area contributed by atoms with E-state index in [9.17, 15) is 17.6 Å². The average molecular weight is 381 g/mol. The number of pyridine rings is 1. The number of ether oxygens (including phenoxy) is 1. The number of aryl methyl sites for hydroxylation is 2. The van der Waals surface area contributed by atoms with Crippen molar-refractivity contribution in [2.75, 3.05) is 0 Å². The molecule has 6 heteroatoms. The zero-order valence-corrected chi connectivity index (χ0v) is 15.8. The van der Waals surface area contributed by atoms with Gasteiger partial charge in [0, 0.05) is 11.6 Å². The van der Waals surface area contributed by atoms with Gasteiger partial charge in [-0.2, -0.15) is 0 Å². The highest BCUT2D eigenvalue weighted by molar-refractivity contribution is 5.81. The van der Waals surface area contributed by atoms with Gasteiger partial charge in [0.25, 0.3) is 0 Å². The quantitative estimate of drug-likeness (QED) is 0.453. The van der Waals surface area contributed by atoms with Crippen LogP contribution in [0.1, 0.15) is 31.9 Å². The molecule has 1 heterocycles. The number of halogens is 4. The first-order chi connectivity index (χ1) is 12.8. The highest BCUT2D eigenvalue weighted by atomic mass is 19.4. The first kappa shape index (κ1) is 22.4. The predicted molar refractivity (Wildman–Crippen MR) is 100 cm³/mol. The van der Waals surface area contributed by atoms with Crippen LogP contribution in [0.25, 0.3) is 10.9 Å². The van der Waals surface area contributed by atoms with Gasteiger partial charge in [0.05, 0.1) is 5.52 Å². The minimum atomic E-state index is -4.85. The van der Waals surface area contributed by atoms with E-state index in [4.69, 9.17) is 0 Å². The number of alkyl halides is 3. The van der Waals surface area contributed by atoms with Crippen LogP contribution in [0.4, 0.5) is 17.6 Å². The zero-order chi connectivity index (χ0) is 20.4. The molecule has 0 atom stereocenters. The first-order valence-electron chi connectivity index (χ1n) is 8.64. The van der Waals surface area contributed by atoms with Crippen LogP contribution in [-0.2, 0) is 6.42 Å². The molecule has 0 unspecified atom stereocenters. The summed E-state index contributed by atoms with van der Waals surface area (Å²) in [6.07, 6.45) is -1.95. The molecule has 0 saturated carbocycles. The van der Waals surface area contributed by atoms with Crippen LogP contribution in [-0.4, -0.2) is 11.3 Å². The Hall–Kier alpha value is -2.63. The van der Waals surface area contributed by atoms with Crippen molar-refractivity contribution in [1.82, 2.24) is 4.98 Å². The second-order valence-electron chi connectivity index (χ2n) is 5.33. The minimum absolute atomic E-state index is 0.534. The number of hydrogen-bond acceptors (Lipinski definition) is 2. The van der Waals surface area contributed by atoms with Gasteiger partial charge in [0.15, 0.2) is 11.6 Å². The third-order valence-corrected chi connectivity index (χ3v) is 3.41. The molecule has 1 aromatic heterocycles. The molecule has 0 bridgehead atoms. The maximum Gasteiger partial charge on any atom is 0.573 e. The Balaban J connectivity index is 0.000000248. The zero-order valence-electron chi connectivity index (χ0n) is 15.8. The van der Waals surface area contributed by atoms with Gasteiger partial charge in [-0.25, -0.2) is 4.39 Å². The highest BCUT2D eigenvalue weighted by Gasteiger charge is 2.32. The lowest BCUT2D eigenvalue weighted by Crippen LogP contribution is -2.17. The molecule has 2 aromatic carbocycles. The normalized spacial score (nSPS) is 10.4. The predicted octanol–water partition coefficient (Wildman–Crippen LogP) is 6.86. The Bertz CT molecular complexity index is 842. The van der Waals surface area contributed by atoms with Gasteiger partial charge in [-0.3, -0.25) is 4.98 Å². The largest absolute Gasteiger partial charge is 0.573 e. The molecular formula is C21H23F4NO. The number of aromatic nitrogens is 1. The number of fused-ring (bicyclic) bond motifs is 1. The van der Waals surface area contributed by atoms with E-state index < -0.39 is 17.9 Å². The molecule has 0 radical (unpaired) electrons. The summed E-state index contributed by atoms with van der Waals surface area (Å²) in [5, 5.41) is 1.23. The van der Waals surface area contributed by atoms with Crippen molar-refractivity contribution in [2.24, 2.45) is 0 Å². The molecule has 0 aliphatic rings. The minimum Gasteiger partial charge on any atom is -0.403 e. The van der Waals surface area contributed by atoms with Crippen LogP contribution in [0.15, 0.2) is 54.7 Å². The number of hydrogen-bond donors (Lipinski definition) is 0. The molecule has 0 aliphatic carbocycles. The number of rotatable bonds is 2. The Morgan fingerprint density at radius 2 is 1.67 bits per heavy atom. The molecule has 3 rings (SSSR count). The molecule has 0 amide bonds. The monoisotopic (exact) mass is 381 g/mol. The van der Waals surface area contributed by atoms with Crippen molar-refractivity contribution in [3.63, 3.8) is 0 Å². The van der Waals surface area contributed by atoms with E-state index in [0.29, 0.717) is 5.56 Å². The van der Waals surface area contributed by atoms with E-state index in [2.05, 4.69) is 40.9 Å². The van der Waals surface area contributed by atoms with Gasteiger partial charge >= 0.3 is 6.36 Å². The SMILES string of the molecule is CC.CCc1cccc2cccnc12.Cc1ccc(OC(F)(F)F)c(F)c1. The summed E-state index contributed by atoms with van der Waals surface area (Å²) in [5.74, 6) is -1.82. The molecule has 0 aliphatic heterocycles. The highest BCUT2D eigenvalue weighted by Crippen LogP contribution is 2.25. The summed E-state index contributed by atoms with van der Waals surface area (Å²) in [6, 6.07) is 13.6. The van der Waals surface area contributed by atoms with Gasteiger partial charge in [0.1, 0.15) is 0 Å². The fourth-order valence-electron chi connectivity index (χ4n) is 2.27. The van der Waals surface area contributed by atoms with Crippen molar-refractivity contribution < 1.29 is 22.3 Å². The fourth-order valence-corrected chi connectivity index (χ4v) is 2.27. The van der Waals surface area contributed by atoms with Crippen molar-refractivity contribution in [3.8, 4) is 5.75 Å². The summed E-state index contributed by atoms with van der Waals surface area (Å²) in [4.78, 5) is 4.35. The molecule has 2 nitrogen and oxygen atoms in total. The third-order valence-electron chi connectivity index (χ3n) is 3.41. The van der Waals surface area contributed by atoms with Crippen LogP contribution in [0.5, 0.6) is 5.75 Å². The molecule has 3 aromatic rings. The Kier molecular flexibility index (Phi) is 8.72. The molecule has 0 N–H and O–H groups in total. The Morgan fingerprint density at radius 1 is 1.00 bits per heavy atom. The Labute approximate surface area is 156 Å². The summed E-state index contributed by atoms with van der Waals surface area (Å²) in [6.45, 7) is 7.73.